The van der Waals surface area contributed by atoms with Gasteiger partial charge >= 0.3 is 9.95 Å². The van der Waals surface area contributed by atoms with Crippen LogP contribution in [-0.2, 0) is 4.79 Å². The second-order valence-electron chi connectivity index (χ2n) is 3.68. The van der Waals surface area contributed by atoms with Crippen LogP contribution in [0, 0.1) is 0 Å². The Morgan fingerprint density at radius 2 is 1.90 bits per heavy atom. The molecule has 1 fully saturated rings. The van der Waals surface area contributed by atoms with Crippen molar-refractivity contribution in [3.63, 3.8) is 0 Å². The molecule has 1 aliphatic rings. The van der Waals surface area contributed by atoms with Crippen LogP contribution >= 0.6 is 58.4 Å². The molecule has 4 nitrogen and oxygen atoms in total. The van der Waals surface area contributed by atoms with Crippen molar-refractivity contribution in [3.05, 3.63) is 28.2 Å². The number of urea groups is 1. The maximum absolute atomic E-state index is 13.1. The van der Waals surface area contributed by atoms with Crippen LogP contribution in [0.1, 0.15) is 0 Å². The third-order valence-corrected chi connectivity index (χ3v) is 3.98. The summed E-state index contributed by atoms with van der Waals surface area (Å²) < 4.78 is 11.2. The van der Waals surface area contributed by atoms with Crippen LogP contribution in [0.2, 0.25) is 10.0 Å². The number of halogens is 5. The first kappa shape index (κ1) is 16.0. The molecule has 1 aromatic rings. The highest BCUT2D eigenvalue weighted by atomic mass is 35.5. The standard InChI is InChI=1S/C10H5Cl4FN2O2S/c11-5-1-2-6(12)7(3-5)17-8(18)4-16(9(17)19)20-10(13,14)15/h1-3H,4H2. The fourth-order valence-electron chi connectivity index (χ4n) is 1.57. The highest BCUT2D eigenvalue weighted by Gasteiger charge is 2.43. The summed E-state index contributed by atoms with van der Waals surface area (Å²) in [5.74, 6) is -0.593. The molecule has 0 aliphatic carbocycles. The second-order valence-corrected chi connectivity index (χ2v) is 7.39. The van der Waals surface area contributed by atoms with Crippen molar-refractivity contribution in [2.24, 2.45) is 0 Å². The van der Waals surface area contributed by atoms with E-state index < -0.39 is 15.9 Å². The lowest BCUT2D eigenvalue weighted by Crippen LogP contribution is -2.31. The lowest BCUT2D eigenvalue weighted by Gasteiger charge is -2.19. The predicted octanol–water partition coefficient (Wildman–Crippen LogP) is 4.47. The van der Waals surface area contributed by atoms with Crippen molar-refractivity contribution in [1.29, 1.82) is 0 Å². The Bertz CT molecular complexity index is 581. The van der Waals surface area contributed by atoms with Gasteiger partial charge in [0.15, 0.2) is 0 Å². The van der Waals surface area contributed by atoms with E-state index in [9.17, 15) is 14.0 Å². The van der Waals surface area contributed by atoms with Gasteiger partial charge in [0.2, 0.25) is 0 Å². The van der Waals surface area contributed by atoms with Gasteiger partial charge in [0.05, 0.1) is 10.7 Å². The molecule has 0 bridgehead atoms. The molecule has 10 heteroatoms. The molecule has 0 N–H and O–H groups in total. The molecule has 1 saturated heterocycles. The summed E-state index contributed by atoms with van der Waals surface area (Å²) in [5.41, 5.74) is 0.117. The van der Waals surface area contributed by atoms with E-state index >= 15 is 0 Å². The van der Waals surface area contributed by atoms with Gasteiger partial charge in [0.1, 0.15) is 6.54 Å². The predicted molar refractivity (Wildman–Crippen MR) is 79.2 cm³/mol. The molecule has 2 rings (SSSR count). The molecular formula is C10H5Cl4FN2O2S. The Hall–Kier alpha value is -0.400. The molecule has 3 amide bonds. The van der Waals surface area contributed by atoms with E-state index in [2.05, 4.69) is 0 Å². The molecule has 108 valence electrons. The van der Waals surface area contributed by atoms with Crippen LogP contribution < -0.4 is 4.90 Å². The number of nitrogens with zero attached hydrogens (tertiary/aromatic N) is 2. The van der Waals surface area contributed by atoms with Gasteiger partial charge in [-0.25, -0.2) is 9.69 Å². The Kier molecular flexibility index (Phi) is 4.61. The van der Waals surface area contributed by atoms with Crippen molar-refractivity contribution in [1.82, 2.24) is 4.31 Å². The van der Waals surface area contributed by atoms with Crippen LogP contribution in [0.25, 0.3) is 0 Å². The molecule has 0 radical (unpaired) electrons. The average Bonchev–Trinajstić information content (AvgIpc) is 2.56. The Morgan fingerprint density at radius 1 is 1.25 bits per heavy atom. The molecule has 0 atom stereocenters. The summed E-state index contributed by atoms with van der Waals surface area (Å²) in [5, 5.41) is 0.455. The van der Waals surface area contributed by atoms with Crippen molar-refractivity contribution in [2.75, 3.05) is 11.4 Å². The van der Waals surface area contributed by atoms with E-state index in [1.807, 2.05) is 0 Å². The van der Waals surface area contributed by atoms with Crippen LogP contribution in [0.5, 0.6) is 0 Å². The zero-order valence-corrected chi connectivity index (χ0v) is 13.3. The first-order valence-electron chi connectivity index (χ1n) is 5.04. The third-order valence-electron chi connectivity index (χ3n) is 2.30. The van der Waals surface area contributed by atoms with Gasteiger partial charge in [-0.1, -0.05) is 46.4 Å². The van der Waals surface area contributed by atoms with Crippen molar-refractivity contribution in [3.8, 4) is 0 Å². The van der Waals surface area contributed by atoms with Crippen LogP contribution in [0.3, 0.4) is 0 Å². The number of alkyl halides is 3. The van der Waals surface area contributed by atoms with Crippen molar-refractivity contribution >= 4 is 76.0 Å². The van der Waals surface area contributed by atoms with Gasteiger partial charge in [-0.15, -0.1) is 0 Å². The van der Waals surface area contributed by atoms with Gasteiger partial charge in [-0.05, 0) is 18.2 Å². The lowest BCUT2D eigenvalue weighted by atomic mass is 10.3. The van der Waals surface area contributed by atoms with Crippen LogP contribution in [0.15, 0.2) is 18.2 Å². The average molecular weight is 378 g/mol. The van der Waals surface area contributed by atoms with E-state index in [-0.39, 0.29) is 29.2 Å². The number of anilines is 1. The van der Waals surface area contributed by atoms with Gasteiger partial charge in [-0.2, -0.15) is 4.39 Å². The summed E-state index contributed by atoms with van der Waals surface area (Å²) in [6.07, 6.45) is 0. The number of hydrogen-bond donors (Lipinski definition) is 0. The molecule has 0 aromatic heterocycles. The summed E-state index contributed by atoms with van der Waals surface area (Å²) in [4.78, 5) is 24.8. The van der Waals surface area contributed by atoms with E-state index in [1.54, 1.807) is 0 Å². The van der Waals surface area contributed by atoms with Gasteiger partial charge in [0, 0.05) is 17.0 Å². The zero-order chi connectivity index (χ0) is 15.1. The van der Waals surface area contributed by atoms with Crippen molar-refractivity contribution in [2.45, 2.75) is 3.92 Å². The quantitative estimate of drug-likeness (QED) is 0.443. The summed E-state index contributed by atoms with van der Waals surface area (Å²) in [6, 6.07) is 3.51. The molecular weight excluding hydrogens is 373 g/mol. The number of rotatable bonds is 3. The molecule has 0 spiro atoms. The topological polar surface area (TPSA) is 40.6 Å². The normalized spacial score (nSPS) is 16.2. The van der Waals surface area contributed by atoms with E-state index in [4.69, 9.17) is 46.4 Å². The maximum Gasteiger partial charge on any atom is 0.342 e. The second kappa shape index (κ2) is 5.77. The van der Waals surface area contributed by atoms with Gasteiger partial charge in [-0.3, -0.25) is 9.10 Å². The summed E-state index contributed by atoms with van der Waals surface area (Å²) >= 11 is 22.3. The highest BCUT2D eigenvalue weighted by molar-refractivity contribution is 8.01. The zero-order valence-electron chi connectivity index (χ0n) is 9.45. The lowest BCUT2D eigenvalue weighted by molar-refractivity contribution is -0.116. The third kappa shape index (κ3) is 3.43. The molecule has 1 heterocycles. The minimum atomic E-state index is -2.72. The number of benzene rings is 1. The first-order chi connectivity index (χ1) is 9.19. The number of hydrogen-bond acceptors (Lipinski definition) is 3. The Morgan fingerprint density at radius 3 is 2.50 bits per heavy atom. The fraction of sp³-hybridized carbons (Fsp3) is 0.200. The molecule has 0 saturated carbocycles. The minimum Gasteiger partial charge on any atom is -0.272 e. The Labute approximate surface area is 137 Å². The number of amides is 3. The SMILES string of the molecule is O=C1CN(SC(F)(Cl)Cl)C(=O)N1c1cc(Cl)ccc1Cl. The molecule has 0 unspecified atom stereocenters. The van der Waals surface area contributed by atoms with E-state index in [1.165, 1.54) is 18.2 Å². The molecule has 1 aliphatic heterocycles. The smallest absolute Gasteiger partial charge is 0.272 e. The number of carbonyl (C=O) groups is 2. The van der Waals surface area contributed by atoms with Crippen LogP contribution in [0.4, 0.5) is 14.9 Å². The minimum absolute atomic E-state index is 0.117. The van der Waals surface area contributed by atoms with Gasteiger partial charge in [0.25, 0.3) is 5.91 Å². The monoisotopic (exact) mass is 376 g/mol. The summed E-state index contributed by atoms with van der Waals surface area (Å²) in [6.45, 7) is -0.378. The Balaban J connectivity index is 2.32. The van der Waals surface area contributed by atoms with E-state index in [0.29, 0.717) is 5.02 Å². The van der Waals surface area contributed by atoms with E-state index in [0.717, 1.165) is 9.21 Å². The van der Waals surface area contributed by atoms with Crippen LogP contribution in [-0.4, -0.2) is 26.7 Å². The molecule has 1 aromatic carbocycles. The van der Waals surface area contributed by atoms with Gasteiger partial charge < -0.3 is 0 Å². The maximum atomic E-state index is 13.1. The largest absolute Gasteiger partial charge is 0.342 e. The summed E-state index contributed by atoms with van der Waals surface area (Å²) in [7, 11) is 0. The first-order valence-corrected chi connectivity index (χ1v) is 7.33. The highest BCUT2D eigenvalue weighted by Crippen LogP contribution is 2.41. The number of imide groups is 1. The number of carbonyl (C=O) groups excluding carboxylic acids is 2. The molecule has 20 heavy (non-hydrogen) atoms. The van der Waals surface area contributed by atoms with Crippen molar-refractivity contribution < 1.29 is 14.0 Å². The fourth-order valence-corrected chi connectivity index (χ4v) is 3.02.